The van der Waals surface area contributed by atoms with Gasteiger partial charge in [0.2, 0.25) is 53.2 Å². The van der Waals surface area contributed by atoms with Gasteiger partial charge in [-0.3, -0.25) is 53.1 Å². The van der Waals surface area contributed by atoms with Crippen LogP contribution < -0.4 is 65.9 Å². The van der Waals surface area contributed by atoms with Crippen LogP contribution in [0.2, 0.25) is 0 Å². The number of unbranched alkanes of at least 4 members (excludes halogenated alkanes) is 1. The number of hydrogen-bond donors (Lipinski definition) is 12. The first kappa shape index (κ1) is 56.9. The van der Waals surface area contributed by atoms with Crippen LogP contribution in [0.1, 0.15) is 78.6 Å². The zero-order chi connectivity index (χ0) is 49.3. The molecule has 7 atom stereocenters. The van der Waals surface area contributed by atoms with E-state index in [1.807, 2.05) is 20.1 Å². The molecule has 0 spiro atoms. The van der Waals surface area contributed by atoms with Crippen LogP contribution in [-0.2, 0) is 43.2 Å². The van der Waals surface area contributed by atoms with Gasteiger partial charge in [-0.2, -0.15) is 11.8 Å². The van der Waals surface area contributed by atoms with Gasteiger partial charge in [0.15, 0.2) is 11.9 Å². The van der Waals surface area contributed by atoms with Crippen molar-refractivity contribution in [1.29, 1.82) is 0 Å². The molecule has 2 fully saturated rings. The van der Waals surface area contributed by atoms with E-state index in [1.54, 1.807) is 0 Å². The molecule has 66 heavy (non-hydrogen) atoms. The maximum Gasteiger partial charge on any atom is 0.245 e. The van der Waals surface area contributed by atoms with E-state index < -0.39 is 102 Å². The highest BCUT2D eigenvalue weighted by Gasteiger charge is 2.40. The second-order valence-electron chi connectivity index (χ2n) is 16.2. The van der Waals surface area contributed by atoms with Crippen molar-refractivity contribution in [1.82, 2.24) is 42.1 Å². The lowest BCUT2D eigenvalue weighted by molar-refractivity contribution is -0.142. The van der Waals surface area contributed by atoms with Gasteiger partial charge in [0.25, 0.3) is 0 Å². The Morgan fingerprint density at radius 2 is 1.32 bits per heavy atom. The molecule has 0 aromatic rings. The zero-order valence-corrected chi connectivity index (χ0v) is 40.5. The number of thioether (sulfide) groups is 1. The standard InChI is InChI=1S/C39H69N15O9S3/c1-21(2)17-26-34(60)50-23(10-7-14-46-39(43)44)32(58)47-18-30(56)49-27(31(40)57)19-65-66-20-28(48-22(3)55)35(61)52-25(12-16-64-4)37(63)54-15-8-11-29(54)36(62)51-24(33(59)53-26)9-5-6-13-45-38(41)42/h21,23-29H,5-20H2,1-4H3,(H2,40,57)(H,47,58)(H,48,55)(H,49,56)(H,50,60)(H,51,62)(H,52,61)(H,53,59)(H4,41,42,45)(H4,43,44,46)/t23-,24-,25-,26-,27-,28+,29-/m0/s1. The second kappa shape index (κ2) is 30.2. The molecule has 2 heterocycles. The minimum atomic E-state index is -1.24. The maximum absolute atomic E-state index is 14.3. The molecule has 0 aliphatic carbocycles. The monoisotopic (exact) mass is 987 g/mol. The van der Waals surface area contributed by atoms with Crippen molar-refractivity contribution >= 4 is 98.4 Å². The lowest BCUT2D eigenvalue weighted by Gasteiger charge is -2.31. The average Bonchev–Trinajstić information content (AvgIpc) is 3.74. The number of carbonyl (C=O) groups is 9. The molecule has 0 radical (unpaired) electrons. The van der Waals surface area contributed by atoms with Gasteiger partial charge >= 0.3 is 0 Å². The van der Waals surface area contributed by atoms with Crippen LogP contribution in [-0.4, -0.2) is 162 Å². The van der Waals surface area contributed by atoms with E-state index >= 15 is 0 Å². The fraction of sp³-hybridized carbons (Fsp3) is 0.718. The van der Waals surface area contributed by atoms with Crippen molar-refractivity contribution < 1.29 is 43.2 Å². The number of carbonyl (C=O) groups excluding carboxylic acids is 9. The predicted molar refractivity (Wildman–Crippen MR) is 256 cm³/mol. The van der Waals surface area contributed by atoms with Crippen LogP contribution >= 0.6 is 33.3 Å². The van der Waals surface area contributed by atoms with Gasteiger partial charge in [0.1, 0.15) is 42.3 Å². The number of nitrogens with two attached hydrogens (primary N) is 5. The predicted octanol–water partition coefficient (Wildman–Crippen LogP) is -3.80. The van der Waals surface area contributed by atoms with Gasteiger partial charge in [-0.15, -0.1) is 0 Å². The lowest BCUT2D eigenvalue weighted by atomic mass is 10.0. The first-order valence-corrected chi connectivity index (χ1v) is 25.6. The number of aliphatic imine (C=N–C) groups is 2. The number of primary amides is 1. The molecular formula is C39H69N15O9S3. The first-order valence-electron chi connectivity index (χ1n) is 21.7. The van der Waals surface area contributed by atoms with Gasteiger partial charge < -0.3 is 70.8 Å². The normalized spacial score (nSPS) is 24.7. The summed E-state index contributed by atoms with van der Waals surface area (Å²) in [5.41, 5.74) is 27.5. The Morgan fingerprint density at radius 3 is 1.94 bits per heavy atom. The van der Waals surface area contributed by atoms with E-state index in [9.17, 15) is 43.2 Å². The minimum absolute atomic E-state index is 0.0107. The number of guanidine groups is 2. The number of fused-ring (bicyclic) bond motifs is 1. The smallest absolute Gasteiger partial charge is 0.245 e. The number of rotatable bonds is 16. The number of nitrogens with one attached hydrogen (secondary N) is 7. The minimum Gasteiger partial charge on any atom is -0.370 e. The highest BCUT2D eigenvalue weighted by Crippen LogP contribution is 2.24. The van der Waals surface area contributed by atoms with Crippen molar-refractivity contribution in [2.75, 3.05) is 49.7 Å². The van der Waals surface area contributed by atoms with Gasteiger partial charge in [0, 0.05) is 38.1 Å². The molecule has 2 rings (SSSR count). The lowest BCUT2D eigenvalue weighted by Crippen LogP contribution is -2.59. The highest BCUT2D eigenvalue weighted by molar-refractivity contribution is 8.76. The number of hydrogen-bond acceptors (Lipinski definition) is 14. The van der Waals surface area contributed by atoms with Gasteiger partial charge in [0.05, 0.1) is 6.54 Å². The van der Waals surface area contributed by atoms with Crippen molar-refractivity contribution in [2.45, 2.75) is 121 Å². The molecule has 2 aliphatic rings. The first-order chi connectivity index (χ1) is 31.2. The number of nitrogens with zero attached hydrogens (tertiary/aromatic N) is 3. The summed E-state index contributed by atoms with van der Waals surface area (Å²) >= 11 is 1.44. The summed E-state index contributed by atoms with van der Waals surface area (Å²) in [5, 5.41) is 18.5. The fourth-order valence-electron chi connectivity index (χ4n) is 6.89. The Labute approximate surface area is 397 Å². The number of amides is 9. The summed E-state index contributed by atoms with van der Waals surface area (Å²) < 4.78 is 0. The molecule has 24 nitrogen and oxygen atoms in total. The molecule has 2 aliphatic heterocycles. The largest absolute Gasteiger partial charge is 0.370 e. The van der Waals surface area contributed by atoms with Gasteiger partial charge in [-0.25, -0.2) is 0 Å². The van der Waals surface area contributed by atoms with Crippen LogP contribution in [0.15, 0.2) is 9.98 Å². The van der Waals surface area contributed by atoms with E-state index in [1.165, 1.54) is 23.6 Å². The summed E-state index contributed by atoms with van der Waals surface area (Å²) in [6.45, 7) is 4.81. The summed E-state index contributed by atoms with van der Waals surface area (Å²) in [6.07, 6.45) is 4.00. The molecule has 0 aromatic carbocycles. The second-order valence-corrected chi connectivity index (χ2v) is 19.7. The molecule has 27 heteroatoms. The van der Waals surface area contributed by atoms with E-state index in [-0.39, 0.29) is 87.5 Å². The molecule has 17 N–H and O–H groups in total. The summed E-state index contributed by atoms with van der Waals surface area (Å²) in [4.78, 5) is 131. The summed E-state index contributed by atoms with van der Waals surface area (Å²) in [5.74, 6) is -6.24. The summed E-state index contributed by atoms with van der Waals surface area (Å²) in [6, 6.07) is -8.07. The van der Waals surface area contributed by atoms with Crippen LogP contribution in [0.4, 0.5) is 0 Å². The molecule has 0 saturated carbocycles. The third kappa shape index (κ3) is 21.4. The topological polar surface area (TPSA) is 396 Å². The quantitative estimate of drug-likeness (QED) is 0.0305. The Bertz CT molecular complexity index is 1750. The van der Waals surface area contributed by atoms with E-state index in [0.29, 0.717) is 25.0 Å². The maximum atomic E-state index is 14.3. The highest BCUT2D eigenvalue weighted by atomic mass is 33.1. The molecule has 0 unspecified atom stereocenters. The van der Waals surface area contributed by atoms with Crippen LogP contribution in [0, 0.1) is 5.92 Å². The SMILES string of the molecule is CSCC[C@@H]1NC(=O)[C@H](NC(C)=O)CSSC[C@@H](C(N)=O)NC(=O)CNC(=O)[C@H](CCCN=C(N)N)NC(=O)[C@H](CC(C)C)NC(=O)[C@H](CCCCN=C(N)N)NC(=O)[C@@H]2CCCN2C1=O. The van der Waals surface area contributed by atoms with E-state index in [0.717, 1.165) is 21.6 Å². The third-order valence-electron chi connectivity index (χ3n) is 10.2. The average molecular weight is 988 g/mol. The van der Waals surface area contributed by atoms with Crippen LogP contribution in [0.3, 0.4) is 0 Å². The van der Waals surface area contributed by atoms with Crippen molar-refractivity contribution in [3.8, 4) is 0 Å². The van der Waals surface area contributed by atoms with Crippen molar-refractivity contribution in [2.24, 2.45) is 44.6 Å². The Morgan fingerprint density at radius 1 is 0.742 bits per heavy atom. The molecule has 0 aromatic heterocycles. The molecule has 9 amide bonds. The zero-order valence-electron chi connectivity index (χ0n) is 38.1. The molecule has 372 valence electrons. The Kier molecular flexibility index (Phi) is 26.0. The van der Waals surface area contributed by atoms with Crippen molar-refractivity contribution in [3.63, 3.8) is 0 Å². The fourth-order valence-corrected chi connectivity index (χ4v) is 9.70. The molecular weight excluding hydrogens is 919 g/mol. The van der Waals surface area contributed by atoms with Crippen LogP contribution in [0.5, 0.6) is 0 Å². The van der Waals surface area contributed by atoms with Gasteiger partial charge in [-0.1, -0.05) is 35.4 Å². The van der Waals surface area contributed by atoms with Crippen molar-refractivity contribution in [3.05, 3.63) is 0 Å². The third-order valence-corrected chi connectivity index (χ3v) is 13.2. The Balaban J connectivity index is 2.61. The van der Waals surface area contributed by atoms with Crippen LogP contribution in [0.25, 0.3) is 0 Å². The summed E-state index contributed by atoms with van der Waals surface area (Å²) in [7, 11) is 2.18. The van der Waals surface area contributed by atoms with E-state index in [2.05, 4.69) is 47.2 Å². The molecule has 0 bridgehead atoms. The molecule has 2 saturated heterocycles. The van der Waals surface area contributed by atoms with Gasteiger partial charge in [-0.05, 0) is 75.7 Å². The van der Waals surface area contributed by atoms with E-state index in [4.69, 9.17) is 28.7 Å². The Hall–Kier alpha value is -5.18.